The summed E-state index contributed by atoms with van der Waals surface area (Å²) in [7, 11) is 5.68. The molecule has 19 heavy (non-hydrogen) atoms. The molecular formula is C12H18N6S. The first-order chi connectivity index (χ1) is 9.20. The minimum Gasteiger partial charge on any atom is -0.349 e. The summed E-state index contributed by atoms with van der Waals surface area (Å²) in [6, 6.07) is 2.12. The predicted octanol–water partition coefficient (Wildman–Crippen LogP) is 1.08. The normalized spacial score (nSPS) is 11.6. The molecule has 7 heteroatoms. The Kier molecular flexibility index (Phi) is 4.51. The topological polar surface area (TPSA) is 58.3 Å². The van der Waals surface area contributed by atoms with Gasteiger partial charge in [0.1, 0.15) is 12.2 Å². The summed E-state index contributed by atoms with van der Waals surface area (Å²) < 4.78 is 1.75. The molecule has 0 aromatic carbocycles. The summed E-state index contributed by atoms with van der Waals surface area (Å²) in [6.07, 6.45) is 1.55. The van der Waals surface area contributed by atoms with E-state index in [1.807, 2.05) is 14.1 Å². The van der Waals surface area contributed by atoms with E-state index in [1.165, 1.54) is 5.56 Å². The Morgan fingerprint density at radius 2 is 2.42 bits per heavy atom. The number of nitrogens with one attached hydrogen (secondary N) is 1. The Balaban J connectivity index is 1.91. The predicted molar refractivity (Wildman–Crippen MR) is 77.0 cm³/mol. The highest BCUT2D eigenvalue weighted by Gasteiger charge is 2.08. The zero-order valence-corrected chi connectivity index (χ0v) is 12.2. The second-order valence-electron chi connectivity index (χ2n) is 4.19. The number of aliphatic imine (C=N–C) groups is 1. The second kappa shape index (κ2) is 6.33. The Labute approximate surface area is 116 Å². The van der Waals surface area contributed by atoms with Crippen molar-refractivity contribution in [2.24, 2.45) is 12.0 Å². The van der Waals surface area contributed by atoms with Crippen molar-refractivity contribution >= 4 is 17.3 Å². The first-order valence-corrected chi connectivity index (χ1v) is 6.90. The smallest absolute Gasteiger partial charge is 0.194 e. The van der Waals surface area contributed by atoms with Crippen LogP contribution in [0.25, 0.3) is 0 Å². The van der Waals surface area contributed by atoms with Crippen LogP contribution >= 0.6 is 11.3 Å². The van der Waals surface area contributed by atoms with Crippen LogP contribution in [-0.4, -0.2) is 39.7 Å². The van der Waals surface area contributed by atoms with E-state index in [2.05, 4.69) is 42.1 Å². The third-order valence-electron chi connectivity index (χ3n) is 2.78. The molecule has 2 rings (SSSR count). The summed E-state index contributed by atoms with van der Waals surface area (Å²) in [5.41, 5.74) is 1.29. The monoisotopic (exact) mass is 278 g/mol. The molecule has 0 fully saturated rings. The third kappa shape index (κ3) is 3.54. The van der Waals surface area contributed by atoms with E-state index in [0.29, 0.717) is 6.54 Å². The molecular weight excluding hydrogens is 260 g/mol. The molecule has 0 saturated carbocycles. The average Bonchev–Trinajstić information content (AvgIpc) is 3.02. The van der Waals surface area contributed by atoms with Gasteiger partial charge in [-0.1, -0.05) is 0 Å². The van der Waals surface area contributed by atoms with Crippen molar-refractivity contribution in [1.29, 1.82) is 0 Å². The van der Waals surface area contributed by atoms with E-state index in [-0.39, 0.29) is 0 Å². The molecule has 0 atom stereocenters. The number of nitrogens with zero attached hydrogens (tertiary/aromatic N) is 5. The molecule has 2 aromatic heterocycles. The van der Waals surface area contributed by atoms with Gasteiger partial charge in [-0.3, -0.25) is 9.67 Å². The zero-order chi connectivity index (χ0) is 13.7. The number of rotatable bonds is 4. The van der Waals surface area contributed by atoms with Crippen molar-refractivity contribution < 1.29 is 0 Å². The minimum atomic E-state index is 0.608. The maximum atomic E-state index is 4.28. The van der Waals surface area contributed by atoms with Crippen LogP contribution in [-0.2, 0) is 20.1 Å². The van der Waals surface area contributed by atoms with Crippen LogP contribution in [0.3, 0.4) is 0 Å². The van der Waals surface area contributed by atoms with Crippen LogP contribution in [0.15, 0.2) is 28.1 Å². The Morgan fingerprint density at radius 1 is 1.58 bits per heavy atom. The van der Waals surface area contributed by atoms with Crippen LogP contribution in [0, 0.1) is 0 Å². The van der Waals surface area contributed by atoms with Crippen LogP contribution in [0.2, 0.25) is 0 Å². The van der Waals surface area contributed by atoms with Crippen molar-refractivity contribution in [2.45, 2.75) is 13.1 Å². The molecule has 6 nitrogen and oxygen atoms in total. The molecule has 0 spiro atoms. The molecule has 0 aliphatic rings. The Bertz CT molecular complexity index is 530. The van der Waals surface area contributed by atoms with Crippen molar-refractivity contribution in [3.8, 4) is 0 Å². The first-order valence-electron chi connectivity index (χ1n) is 5.96. The molecule has 2 aromatic rings. The standard InChI is InChI=1S/C12H18N6S/c1-13-12(14-6-11-15-9-16-18(11)3)17(2)7-10-4-5-19-8-10/h4-5,8-9H,6-7H2,1-3H3,(H,13,14). The Hall–Kier alpha value is -1.89. The van der Waals surface area contributed by atoms with Crippen molar-refractivity contribution in [1.82, 2.24) is 25.0 Å². The van der Waals surface area contributed by atoms with E-state index in [1.54, 1.807) is 29.4 Å². The molecule has 2 heterocycles. The van der Waals surface area contributed by atoms with Crippen LogP contribution < -0.4 is 5.32 Å². The van der Waals surface area contributed by atoms with Crippen molar-refractivity contribution in [3.05, 3.63) is 34.5 Å². The molecule has 0 unspecified atom stereocenters. The third-order valence-corrected chi connectivity index (χ3v) is 3.52. The summed E-state index contributed by atoms with van der Waals surface area (Å²) in [5.74, 6) is 1.72. The molecule has 0 radical (unpaired) electrons. The van der Waals surface area contributed by atoms with Gasteiger partial charge in [-0.15, -0.1) is 0 Å². The number of hydrogen-bond donors (Lipinski definition) is 1. The summed E-state index contributed by atoms with van der Waals surface area (Å²) >= 11 is 1.71. The maximum absolute atomic E-state index is 4.28. The molecule has 0 saturated heterocycles. The fourth-order valence-electron chi connectivity index (χ4n) is 1.75. The van der Waals surface area contributed by atoms with Gasteiger partial charge in [-0.2, -0.15) is 16.4 Å². The van der Waals surface area contributed by atoms with Gasteiger partial charge < -0.3 is 10.2 Å². The van der Waals surface area contributed by atoms with Gasteiger partial charge in [0.15, 0.2) is 5.96 Å². The highest BCUT2D eigenvalue weighted by molar-refractivity contribution is 7.07. The average molecular weight is 278 g/mol. The van der Waals surface area contributed by atoms with Gasteiger partial charge in [0, 0.05) is 27.7 Å². The highest BCUT2D eigenvalue weighted by atomic mass is 32.1. The fourth-order valence-corrected chi connectivity index (χ4v) is 2.41. The van der Waals surface area contributed by atoms with Crippen LogP contribution in [0.5, 0.6) is 0 Å². The first kappa shape index (κ1) is 13.5. The number of aromatic nitrogens is 3. The minimum absolute atomic E-state index is 0.608. The van der Waals surface area contributed by atoms with Gasteiger partial charge in [-0.25, -0.2) is 4.98 Å². The summed E-state index contributed by atoms with van der Waals surface area (Å²) in [5, 5.41) is 11.5. The SMILES string of the molecule is CN=C(NCc1ncnn1C)N(C)Cc1ccsc1. The molecule has 0 aliphatic heterocycles. The van der Waals surface area contributed by atoms with Crippen LogP contribution in [0.4, 0.5) is 0 Å². The van der Waals surface area contributed by atoms with Crippen molar-refractivity contribution in [2.75, 3.05) is 14.1 Å². The largest absolute Gasteiger partial charge is 0.349 e. The van der Waals surface area contributed by atoms with E-state index < -0.39 is 0 Å². The molecule has 0 aliphatic carbocycles. The van der Waals surface area contributed by atoms with Gasteiger partial charge >= 0.3 is 0 Å². The van der Waals surface area contributed by atoms with E-state index >= 15 is 0 Å². The van der Waals surface area contributed by atoms with E-state index in [0.717, 1.165) is 18.3 Å². The van der Waals surface area contributed by atoms with Gasteiger partial charge in [0.2, 0.25) is 0 Å². The van der Waals surface area contributed by atoms with Gasteiger partial charge in [0.05, 0.1) is 6.54 Å². The molecule has 0 amide bonds. The quantitative estimate of drug-likeness (QED) is 0.672. The maximum Gasteiger partial charge on any atom is 0.194 e. The lowest BCUT2D eigenvalue weighted by molar-refractivity contribution is 0.474. The van der Waals surface area contributed by atoms with Crippen molar-refractivity contribution in [3.63, 3.8) is 0 Å². The zero-order valence-electron chi connectivity index (χ0n) is 11.4. The number of aryl methyl sites for hydroxylation is 1. The van der Waals surface area contributed by atoms with Gasteiger partial charge in [-0.05, 0) is 22.4 Å². The number of thiophene rings is 1. The Morgan fingerprint density at radius 3 is 3.00 bits per heavy atom. The number of hydrogen-bond acceptors (Lipinski definition) is 4. The molecule has 102 valence electrons. The number of guanidine groups is 1. The van der Waals surface area contributed by atoms with Gasteiger partial charge in [0.25, 0.3) is 0 Å². The lowest BCUT2D eigenvalue weighted by Gasteiger charge is -2.21. The van der Waals surface area contributed by atoms with E-state index in [9.17, 15) is 0 Å². The highest BCUT2D eigenvalue weighted by Crippen LogP contribution is 2.08. The van der Waals surface area contributed by atoms with Crippen LogP contribution in [0.1, 0.15) is 11.4 Å². The second-order valence-corrected chi connectivity index (χ2v) is 4.97. The molecule has 1 N–H and O–H groups in total. The molecule has 0 bridgehead atoms. The lowest BCUT2D eigenvalue weighted by atomic mass is 10.3. The summed E-state index contributed by atoms with van der Waals surface area (Å²) in [4.78, 5) is 10.5. The lowest BCUT2D eigenvalue weighted by Crippen LogP contribution is -2.38. The fraction of sp³-hybridized carbons (Fsp3) is 0.417. The van der Waals surface area contributed by atoms with E-state index in [4.69, 9.17) is 0 Å². The summed E-state index contributed by atoms with van der Waals surface area (Å²) in [6.45, 7) is 1.44.